The summed E-state index contributed by atoms with van der Waals surface area (Å²) in [5.74, 6) is 0.801. The Morgan fingerprint density at radius 3 is 2.67 bits per heavy atom. The number of methoxy groups -OCH3 is 1. The van der Waals surface area contributed by atoms with E-state index in [2.05, 4.69) is 47.8 Å². The Kier molecular flexibility index (Phi) is 6.65. The summed E-state index contributed by atoms with van der Waals surface area (Å²) < 4.78 is 11.5. The number of aromatic nitrogens is 1. The fourth-order valence-electron chi connectivity index (χ4n) is 3.60. The van der Waals surface area contributed by atoms with Gasteiger partial charge in [-0.3, -0.25) is 0 Å². The number of hydrogen-bond donors (Lipinski definition) is 2. The summed E-state index contributed by atoms with van der Waals surface area (Å²) >= 11 is 7.75. The molecule has 1 heterocycles. The zero-order valence-corrected chi connectivity index (χ0v) is 18.3. The van der Waals surface area contributed by atoms with E-state index in [0.29, 0.717) is 11.6 Å². The number of hydrogen-bond acceptors (Lipinski definition) is 5. The third kappa shape index (κ3) is 4.35. The molecule has 0 saturated heterocycles. The van der Waals surface area contributed by atoms with Crippen molar-refractivity contribution in [3.8, 4) is 16.9 Å². The predicted molar refractivity (Wildman–Crippen MR) is 127 cm³/mol. The minimum atomic E-state index is 0.00278. The molecule has 0 aliphatic carbocycles. The van der Waals surface area contributed by atoms with Crippen LogP contribution in [0.5, 0.6) is 5.75 Å². The van der Waals surface area contributed by atoms with Gasteiger partial charge in [-0.2, -0.15) is 4.37 Å². The minimum absolute atomic E-state index is 0.00278. The topological polar surface area (TPSA) is 60.2 Å². The lowest BCUT2D eigenvalue weighted by atomic mass is 9.97. The number of nitrogens with two attached hydrogens (primary N) is 1. The lowest BCUT2D eigenvalue weighted by molar-refractivity contribution is 0.416. The van der Waals surface area contributed by atoms with Gasteiger partial charge in [0.05, 0.1) is 23.5 Å². The van der Waals surface area contributed by atoms with Gasteiger partial charge < -0.3 is 15.8 Å². The maximum atomic E-state index is 6.22. The van der Waals surface area contributed by atoms with Gasteiger partial charge in [0, 0.05) is 16.0 Å². The average Bonchev–Trinajstić information content (AvgIpc) is 3.21. The van der Waals surface area contributed by atoms with E-state index in [1.54, 1.807) is 7.11 Å². The Morgan fingerprint density at radius 1 is 1.10 bits per heavy atom. The number of halogens is 1. The average molecular weight is 438 g/mol. The van der Waals surface area contributed by atoms with E-state index in [1.165, 1.54) is 21.6 Å². The Morgan fingerprint density at radius 2 is 1.90 bits per heavy atom. The molecule has 0 radical (unpaired) electrons. The van der Waals surface area contributed by atoms with Gasteiger partial charge in [-0.25, -0.2) is 0 Å². The molecule has 4 nitrogen and oxygen atoms in total. The second kappa shape index (κ2) is 9.58. The van der Waals surface area contributed by atoms with Crippen LogP contribution in [0.4, 0.5) is 0 Å². The van der Waals surface area contributed by atoms with E-state index < -0.39 is 0 Å². The van der Waals surface area contributed by atoms with Crippen LogP contribution >= 0.6 is 23.1 Å². The highest BCUT2D eigenvalue weighted by Crippen LogP contribution is 2.35. The molecular formula is C24H24ClN3OS. The summed E-state index contributed by atoms with van der Waals surface area (Å²) in [5.41, 5.74) is 9.96. The van der Waals surface area contributed by atoms with E-state index in [0.717, 1.165) is 41.1 Å². The van der Waals surface area contributed by atoms with Crippen LogP contribution in [0.1, 0.15) is 23.7 Å². The fourth-order valence-corrected chi connectivity index (χ4v) is 4.58. The molecule has 0 fully saturated rings. The normalized spacial score (nSPS) is 12.2. The van der Waals surface area contributed by atoms with Crippen molar-refractivity contribution in [2.24, 2.45) is 5.73 Å². The minimum Gasteiger partial charge on any atom is -0.496 e. The van der Waals surface area contributed by atoms with Gasteiger partial charge in [0.15, 0.2) is 0 Å². The molecule has 30 heavy (non-hydrogen) atoms. The quantitative estimate of drug-likeness (QED) is 0.349. The first-order valence-electron chi connectivity index (χ1n) is 9.93. The van der Waals surface area contributed by atoms with E-state index >= 15 is 0 Å². The lowest BCUT2D eigenvalue weighted by Crippen LogP contribution is -2.25. The van der Waals surface area contributed by atoms with Crippen LogP contribution in [-0.4, -0.2) is 24.6 Å². The number of rotatable bonds is 8. The van der Waals surface area contributed by atoms with Crippen LogP contribution in [-0.2, 0) is 0 Å². The molecule has 154 valence electrons. The first kappa shape index (κ1) is 20.8. The largest absolute Gasteiger partial charge is 0.496 e. The van der Waals surface area contributed by atoms with Crippen molar-refractivity contribution in [2.45, 2.75) is 12.5 Å². The third-order valence-corrected chi connectivity index (χ3v) is 6.20. The molecule has 0 aliphatic heterocycles. The third-order valence-electron chi connectivity index (χ3n) is 5.12. The van der Waals surface area contributed by atoms with Gasteiger partial charge >= 0.3 is 0 Å². The van der Waals surface area contributed by atoms with Crippen molar-refractivity contribution in [2.75, 3.05) is 20.2 Å². The summed E-state index contributed by atoms with van der Waals surface area (Å²) in [7, 11) is 1.67. The van der Waals surface area contributed by atoms with Crippen LogP contribution < -0.4 is 15.8 Å². The SMILES string of the molecule is COc1ccc(Cl)cc1-c1ccc(C(NCCCN)c2nsc3ccccc23)cc1. The van der Waals surface area contributed by atoms with Gasteiger partial charge in [0.2, 0.25) is 0 Å². The summed E-state index contributed by atoms with van der Waals surface area (Å²) in [6.07, 6.45) is 0.913. The molecule has 6 heteroatoms. The molecular weight excluding hydrogens is 414 g/mol. The van der Waals surface area contributed by atoms with Crippen molar-refractivity contribution in [1.29, 1.82) is 0 Å². The van der Waals surface area contributed by atoms with Gasteiger partial charge in [-0.05, 0) is 66.4 Å². The molecule has 0 spiro atoms. The maximum absolute atomic E-state index is 6.22. The van der Waals surface area contributed by atoms with Gasteiger partial charge in [-0.1, -0.05) is 54.1 Å². The van der Waals surface area contributed by atoms with Crippen LogP contribution in [0, 0.1) is 0 Å². The van der Waals surface area contributed by atoms with Crippen LogP contribution in [0.3, 0.4) is 0 Å². The molecule has 0 aliphatic rings. The van der Waals surface area contributed by atoms with E-state index in [-0.39, 0.29) is 6.04 Å². The Hall–Kier alpha value is -2.44. The fraction of sp³-hybridized carbons (Fsp3) is 0.208. The van der Waals surface area contributed by atoms with Gasteiger partial charge in [0.1, 0.15) is 5.75 Å². The zero-order valence-electron chi connectivity index (χ0n) is 16.8. The Bertz CT molecular complexity index is 1130. The second-order valence-corrected chi connectivity index (χ2v) is 8.30. The summed E-state index contributed by atoms with van der Waals surface area (Å²) in [6, 6.07) is 22.5. The highest BCUT2D eigenvalue weighted by atomic mass is 35.5. The van der Waals surface area contributed by atoms with Gasteiger partial charge in [-0.15, -0.1) is 0 Å². The smallest absolute Gasteiger partial charge is 0.126 e. The second-order valence-electron chi connectivity index (χ2n) is 7.06. The molecule has 1 atom stereocenters. The Labute approximate surface area is 185 Å². The van der Waals surface area contributed by atoms with Crippen molar-refractivity contribution < 1.29 is 4.74 Å². The molecule has 1 aromatic heterocycles. The van der Waals surface area contributed by atoms with Crippen molar-refractivity contribution >= 4 is 33.2 Å². The van der Waals surface area contributed by atoms with E-state index in [4.69, 9.17) is 26.4 Å². The molecule has 0 amide bonds. The molecule has 4 aromatic rings. The number of ether oxygens (including phenoxy) is 1. The molecule has 3 aromatic carbocycles. The zero-order chi connectivity index (χ0) is 20.9. The molecule has 1 unspecified atom stereocenters. The van der Waals surface area contributed by atoms with Gasteiger partial charge in [0.25, 0.3) is 0 Å². The number of nitrogens with zero attached hydrogens (tertiary/aromatic N) is 1. The molecule has 0 bridgehead atoms. The Balaban J connectivity index is 1.70. The standard InChI is InChI=1S/C24H24ClN3OS/c1-29-21-12-11-18(25)15-20(21)16-7-9-17(10-8-16)23(27-14-4-13-26)24-19-5-2-3-6-22(19)30-28-24/h2-3,5-12,15,23,27H,4,13-14,26H2,1H3. The predicted octanol–water partition coefficient (Wildman–Crippen LogP) is 5.65. The van der Waals surface area contributed by atoms with Crippen LogP contribution in [0.2, 0.25) is 5.02 Å². The van der Waals surface area contributed by atoms with Crippen molar-refractivity contribution in [1.82, 2.24) is 9.69 Å². The molecule has 4 rings (SSSR count). The highest BCUT2D eigenvalue weighted by molar-refractivity contribution is 7.13. The van der Waals surface area contributed by atoms with E-state index in [9.17, 15) is 0 Å². The van der Waals surface area contributed by atoms with Crippen molar-refractivity contribution in [3.05, 3.63) is 83.0 Å². The van der Waals surface area contributed by atoms with Crippen molar-refractivity contribution in [3.63, 3.8) is 0 Å². The number of fused-ring (bicyclic) bond motifs is 1. The van der Waals surface area contributed by atoms with Crippen LogP contribution in [0.15, 0.2) is 66.7 Å². The maximum Gasteiger partial charge on any atom is 0.126 e. The first-order valence-corrected chi connectivity index (χ1v) is 11.1. The summed E-state index contributed by atoms with van der Waals surface area (Å²) in [6.45, 7) is 1.49. The first-order chi connectivity index (χ1) is 14.7. The monoisotopic (exact) mass is 437 g/mol. The van der Waals surface area contributed by atoms with E-state index in [1.807, 2.05) is 24.3 Å². The number of benzene rings is 3. The van der Waals surface area contributed by atoms with Crippen LogP contribution in [0.25, 0.3) is 21.2 Å². The number of nitrogens with one attached hydrogen (secondary N) is 1. The molecule has 3 N–H and O–H groups in total. The summed E-state index contributed by atoms with van der Waals surface area (Å²) in [4.78, 5) is 0. The summed E-state index contributed by atoms with van der Waals surface area (Å²) in [5, 5.41) is 5.51. The highest BCUT2D eigenvalue weighted by Gasteiger charge is 2.19. The molecule has 0 saturated carbocycles. The lowest BCUT2D eigenvalue weighted by Gasteiger charge is -2.19.